The number of likely N-dealkylation sites (N-methyl/N-ethyl adjacent to an activating group) is 1. The van der Waals surface area contributed by atoms with Gasteiger partial charge in [0.1, 0.15) is 16.2 Å². The number of fused-ring (bicyclic) bond motifs is 1. The largest absolute Gasteiger partial charge is 0.477 e. The van der Waals surface area contributed by atoms with Crippen molar-refractivity contribution in [2.45, 2.75) is 45.6 Å². The molecule has 37 heavy (non-hydrogen) atoms. The third kappa shape index (κ3) is 4.88. The normalized spacial score (nSPS) is 17.5. The standard InChI is InChI=1S/C23H32N8O4S.CH4/c1-4-18-19-20(28-31(18)15-12-24-13-15)22(32)27-21(26-19)17-11-16(14-25-23(17)35-6-3)36(33,34)30-9-7-29(5-2)8-10-30;/h11,14-15,24H,4-10,12-13H2,1-3H3,(H,26,27,32);1H4. The molecule has 2 aliphatic heterocycles. The van der Waals surface area contributed by atoms with Crippen LogP contribution in [0, 0.1) is 0 Å². The van der Waals surface area contributed by atoms with Gasteiger partial charge >= 0.3 is 0 Å². The fraction of sp³-hybridized carbons (Fsp3) is 0.583. The molecule has 0 atom stereocenters. The third-order valence-electron chi connectivity index (χ3n) is 6.87. The van der Waals surface area contributed by atoms with E-state index < -0.39 is 10.0 Å². The molecule has 0 saturated carbocycles. The maximum Gasteiger partial charge on any atom is 0.279 e. The van der Waals surface area contributed by atoms with Crippen LogP contribution in [-0.2, 0) is 16.4 Å². The molecule has 0 radical (unpaired) electrons. The Kier molecular flexibility index (Phi) is 7.97. The zero-order valence-corrected chi connectivity index (χ0v) is 21.6. The molecular weight excluding hydrogens is 496 g/mol. The van der Waals surface area contributed by atoms with Gasteiger partial charge in [-0.1, -0.05) is 21.3 Å². The van der Waals surface area contributed by atoms with Gasteiger partial charge in [-0.3, -0.25) is 9.48 Å². The highest BCUT2D eigenvalue weighted by atomic mass is 32.2. The summed E-state index contributed by atoms with van der Waals surface area (Å²) in [5, 5.41) is 7.77. The number of aromatic nitrogens is 5. The van der Waals surface area contributed by atoms with Gasteiger partial charge in [-0.05, 0) is 26.0 Å². The van der Waals surface area contributed by atoms with Crippen molar-refractivity contribution in [1.29, 1.82) is 0 Å². The third-order valence-corrected chi connectivity index (χ3v) is 8.74. The Balaban J connectivity index is 0.00000320. The number of piperazine rings is 1. The molecule has 2 saturated heterocycles. The van der Waals surface area contributed by atoms with Gasteiger partial charge in [0.25, 0.3) is 5.56 Å². The number of nitrogens with one attached hydrogen (secondary N) is 2. The Morgan fingerprint density at radius 1 is 1.11 bits per heavy atom. The molecule has 2 fully saturated rings. The lowest BCUT2D eigenvalue weighted by atomic mass is 10.1. The Morgan fingerprint density at radius 2 is 1.84 bits per heavy atom. The second kappa shape index (κ2) is 10.9. The summed E-state index contributed by atoms with van der Waals surface area (Å²) in [5.74, 6) is 0.417. The van der Waals surface area contributed by atoms with Gasteiger partial charge in [-0.25, -0.2) is 18.4 Å². The molecule has 12 nitrogen and oxygen atoms in total. The first kappa shape index (κ1) is 27.2. The highest BCUT2D eigenvalue weighted by molar-refractivity contribution is 7.89. The average molecular weight is 533 g/mol. The number of hydrogen-bond donors (Lipinski definition) is 2. The molecule has 3 aromatic heterocycles. The van der Waals surface area contributed by atoms with E-state index in [1.165, 1.54) is 16.6 Å². The van der Waals surface area contributed by atoms with Crippen LogP contribution in [0.25, 0.3) is 22.4 Å². The van der Waals surface area contributed by atoms with E-state index in [9.17, 15) is 13.2 Å². The first-order valence-corrected chi connectivity index (χ1v) is 13.9. The zero-order valence-electron chi connectivity index (χ0n) is 20.8. The average Bonchev–Trinajstić information content (AvgIpc) is 3.21. The Hall–Kier alpha value is -2.87. The fourth-order valence-electron chi connectivity index (χ4n) is 4.67. The second-order valence-electron chi connectivity index (χ2n) is 8.96. The number of rotatable bonds is 8. The highest BCUT2D eigenvalue weighted by Gasteiger charge is 2.30. The molecule has 0 aromatic carbocycles. The predicted molar refractivity (Wildman–Crippen MR) is 141 cm³/mol. The van der Waals surface area contributed by atoms with Crippen LogP contribution >= 0.6 is 0 Å². The SMILES string of the molecule is C.CCOc1ncc(S(=O)(=O)N2CCN(CC)CC2)cc1-c1nc2c(CC)n(C3CNC3)nc2c(=O)[nH]1. The van der Waals surface area contributed by atoms with Crippen LogP contribution in [0.3, 0.4) is 0 Å². The molecular formula is C24H36N8O4S. The molecule has 5 rings (SSSR count). The number of aromatic amines is 1. The molecule has 0 amide bonds. The Labute approximate surface area is 217 Å². The minimum absolute atomic E-state index is 0. The number of hydrogen-bond acceptors (Lipinski definition) is 9. The van der Waals surface area contributed by atoms with Gasteiger partial charge < -0.3 is 19.9 Å². The highest BCUT2D eigenvalue weighted by Crippen LogP contribution is 2.31. The monoisotopic (exact) mass is 532 g/mol. The van der Waals surface area contributed by atoms with Crippen molar-refractivity contribution in [3.63, 3.8) is 0 Å². The van der Waals surface area contributed by atoms with Gasteiger partial charge in [0.15, 0.2) is 5.52 Å². The number of ether oxygens (including phenoxy) is 1. The molecule has 2 N–H and O–H groups in total. The van der Waals surface area contributed by atoms with Crippen LogP contribution in [0.1, 0.15) is 39.9 Å². The van der Waals surface area contributed by atoms with Crippen molar-refractivity contribution in [3.05, 3.63) is 28.3 Å². The molecule has 0 unspecified atom stereocenters. The van der Waals surface area contributed by atoms with Crippen LogP contribution < -0.4 is 15.6 Å². The minimum Gasteiger partial charge on any atom is -0.477 e. The van der Waals surface area contributed by atoms with Gasteiger partial charge in [0.05, 0.1) is 30.1 Å². The van der Waals surface area contributed by atoms with Crippen LogP contribution in [0.4, 0.5) is 0 Å². The Bertz CT molecular complexity index is 1420. The van der Waals surface area contributed by atoms with Crippen molar-refractivity contribution in [1.82, 2.24) is 39.3 Å². The summed E-state index contributed by atoms with van der Waals surface area (Å²) >= 11 is 0. The minimum atomic E-state index is -3.78. The summed E-state index contributed by atoms with van der Waals surface area (Å²) in [6, 6.07) is 1.68. The maximum atomic E-state index is 13.4. The van der Waals surface area contributed by atoms with Crippen molar-refractivity contribution in [2.75, 3.05) is 52.4 Å². The first-order valence-electron chi connectivity index (χ1n) is 12.4. The number of nitrogens with zero attached hydrogens (tertiary/aromatic N) is 6. The number of aryl methyl sites for hydroxylation is 1. The molecule has 202 valence electrons. The summed E-state index contributed by atoms with van der Waals surface area (Å²) in [6.07, 6.45) is 1.96. The van der Waals surface area contributed by atoms with Crippen LogP contribution in [0.15, 0.2) is 22.0 Å². The van der Waals surface area contributed by atoms with E-state index in [1.54, 1.807) is 0 Å². The summed E-state index contributed by atoms with van der Waals surface area (Å²) < 4.78 is 35.9. The van der Waals surface area contributed by atoms with Crippen molar-refractivity contribution in [3.8, 4) is 17.3 Å². The number of sulfonamides is 1. The van der Waals surface area contributed by atoms with E-state index in [0.717, 1.165) is 25.3 Å². The van der Waals surface area contributed by atoms with E-state index in [4.69, 9.17) is 9.72 Å². The van der Waals surface area contributed by atoms with Crippen LogP contribution in [0.5, 0.6) is 5.88 Å². The summed E-state index contributed by atoms with van der Waals surface area (Å²) in [5.41, 5.74) is 1.58. The van der Waals surface area contributed by atoms with Gasteiger partial charge in [0.2, 0.25) is 15.9 Å². The van der Waals surface area contributed by atoms with Crippen molar-refractivity contribution < 1.29 is 13.2 Å². The van der Waals surface area contributed by atoms with E-state index in [2.05, 4.69) is 32.2 Å². The maximum absolute atomic E-state index is 13.4. The first-order chi connectivity index (χ1) is 17.4. The number of H-pyrrole nitrogens is 1. The zero-order chi connectivity index (χ0) is 25.4. The van der Waals surface area contributed by atoms with Crippen LogP contribution in [0.2, 0.25) is 0 Å². The molecule has 2 aliphatic rings. The Morgan fingerprint density at radius 3 is 2.43 bits per heavy atom. The van der Waals surface area contributed by atoms with Crippen LogP contribution in [-0.4, -0.2) is 94.8 Å². The summed E-state index contributed by atoms with van der Waals surface area (Å²) in [6.45, 7) is 10.8. The predicted octanol–water partition coefficient (Wildman–Crippen LogP) is 1.25. The molecule has 0 aliphatic carbocycles. The lowest BCUT2D eigenvalue weighted by Gasteiger charge is -2.33. The molecule has 3 aromatic rings. The number of pyridine rings is 1. The lowest BCUT2D eigenvalue weighted by molar-refractivity contribution is 0.196. The molecule has 0 bridgehead atoms. The summed E-state index contributed by atoms with van der Waals surface area (Å²) in [7, 11) is -3.78. The molecule has 13 heteroatoms. The van der Waals surface area contributed by atoms with E-state index in [-0.39, 0.29) is 41.1 Å². The second-order valence-corrected chi connectivity index (χ2v) is 10.9. The molecule has 5 heterocycles. The smallest absolute Gasteiger partial charge is 0.279 e. The summed E-state index contributed by atoms with van der Waals surface area (Å²) in [4.78, 5) is 27.2. The van der Waals surface area contributed by atoms with E-state index >= 15 is 0 Å². The van der Waals surface area contributed by atoms with Crippen molar-refractivity contribution >= 4 is 21.1 Å². The topological polar surface area (TPSA) is 138 Å². The van der Waals surface area contributed by atoms with Gasteiger partial charge in [-0.15, -0.1) is 0 Å². The molecule has 0 spiro atoms. The fourth-order valence-corrected chi connectivity index (χ4v) is 6.07. The van der Waals surface area contributed by atoms with Gasteiger partial charge in [0, 0.05) is 39.3 Å². The van der Waals surface area contributed by atoms with E-state index in [0.29, 0.717) is 50.3 Å². The quantitative estimate of drug-likeness (QED) is 0.439. The van der Waals surface area contributed by atoms with E-state index in [1.807, 2.05) is 18.5 Å². The van der Waals surface area contributed by atoms with Gasteiger partial charge in [-0.2, -0.15) is 9.40 Å². The van der Waals surface area contributed by atoms with Crippen molar-refractivity contribution in [2.24, 2.45) is 0 Å². The lowest BCUT2D eigenvalue weighted by Crippen LogP contribution is -2.48.